The van der Waals surface area contributed by atoms with Gasteiger partial charge in [-0.2, -0.15) is 13.2 Å². The number of carbonyl (C=O) groups is 1. The predicted molar refractivity (Wildman–Crippen MR) is 46.0 cm³/mol. The van der Waals surface area contributed by atoms with Crippen LogP contribution < -0.4 is 5.73 Å². The zero-order valence-electron chi connectivity index (χ0n) is 7.75. The fourth-order valence-electron chi connectivity index (χ4n) is 1.17. The van der Waals surface area contributed by atoms with Crippen molar-refractivity contribution < 1.29 is 27.5 Å². The zero-order valence-corrected chi connectivity index (χ0v) is 7.75. The van der Waals surface area contributed by atoms with Crippen molar-refractivity contribution in [1.29, 1.82) is 0 Å². The largest absolute Gasteiger partial charge is 0.479 e. The van der Waals surface area contributed by atoms with E-state index in [0.717, 1.165) is 12.1 Å². The normalized spacial score (nSPS) is 15.6. The summed E-state index contributed by atoms with van der Waals surface area (Å²) in [4.78, 5) is 10.6. The molecule has 16 heavy (non-hydrogen) atoms. The number of halogens is 4. The van der Waals surface area contributed by atoms with E-state index in [0.29, 0.717) is 12.1 Å². The second-order valence-electron chi connectivity index (χ2n) is 3.09. The van der Waals surface area contributed by atoms with Crippen LogP contribution in [0.5, 0.6) is 0 Å². The molecule has 1 atom stereocenters. The maximum atomic E-state index is 13.1. The summed E-state index contributed by atoms with van der Waals surface area (Å²) < 4.78 is 50.8. The fourth-order valence-corrected chi connectivity index (χ4v) is 1.17. The lowest BCUT2D eigenvalue weighted by atomic mass is 9.90. The molecule has 0 saturated carbocycles. The molecule has 0 saturated heterocycles. The standard InChI is InChI=1S/C9H7F4NO2/c10-6-4-2-1-3-5(6)8(14,7(15)16)9(11,12)13/h1-4H,14H2,(H,15,16)/t8-/m1/s1. The second kappa shape index (κ2) is 3.75. The average molecular weight is 237 g/mol. The van der Waals surface area contributed by atoms with E-state index in [1.807, 2.05) is 0 Å². The fraction of sp³-hybridized carbons (Fsp3) is 0.222. The van der Waals surface area contributed by atoms with Crippen LogP contribution in [0, 0.1) is 5.82 Å². The number of aliphatic carboxylic acids is 1. The van der Waals surface area contributed by atoms with Crippen molar-refractivity contribution in [2.45, 2.75) is 11.7 Å². The molecular weight excluding hydrogens is 230 g/mol. The Bertz CT molecular complexity index is 418. The molecule has 1 aromatic rings. The molecule has 88 valence electrons. The minimum atomic E-state index is -5.29. The molecule has 0 heterocycles. The van der Waals surface area contributed by atoms with Crippen molar-refractivity contribution in [3.8, 4) is 0 Å². The maximum absolute atomic E-state index is 13.1. The molecule has 3 nitrogen and oxygen atoms in total. The molecule has 0 aliphatic rings. The minimum absolute atomic E-state index is 0.691. The molecule has 1 aromatic carbocycles. The van der Waals surface area contributed by atoms with Crippen LogP contribution in [0.4, 0.5) is 17.6 Å². The lowest BCUT2D eigenvalue weighted by Crippen LogP contribution is -2.57. The molecule has 0 aliphatic carbocycles. The first-order chi connectivity index (χ1) is 7.21. The summed E-state index contributed by atoms with van der Waals surface area (Å²) in [6.45, 7) is 0. The molecule has 0 radical (unpaired) electrons. The molecule has 7 heteroatoms. The van der Waals surface area contributed by atoms with Crippen LogP contribution in [0.2, 0.25) is 0 Å². The van der Waals surface area contributed by atoms with Crippen molar-refractivity contribution in [3.05, 3.63) is 35.6 Å². The summed E-state index contributed by atoms with van der Waals surface area (Å²) in [5, 5.41) is 8.53. The highest BCUT2D eigenvalue weighted by Crippen LogP contribution is 2.38. The van der Waals surface area contributed by atoms with Crippen LogP contribution >= 0.6 is 0 Å². The Hall–Kier alpha value is -1.63. The van der Waals surface area contributed by atoms with Gasteiger partial charge in [0, 0.05) is 5.56 Å². The Labute approximate surface area is 87.5 Å². The van der Waals surface area contributed by atoms with Gasteiger partial charge in [0.25, 0.3) is 0 Å². The van der Waals surface area contributed by atoms with Crippen molar-refractivity contribution in [2.24, 2.45) is 5.73 Å². The summed E-state index contributed by atoms with van der Waals surface area (Å²) in [5.74, 6) is -3.67. The van der Waals surface area contributed by atoms with Gasteiger partial charge in [-0.05, 0) is 6.07 Å². The highest BCUT2D eigenvalue weighted by molar-refractivity contribution is 5.81. The summed E-state index contributed by atoms with van der Waals surface area (Å²) in [5.41, 5.74) is -0.0780. The molecular formula is C9H7F4NO2. The SMILES string of the molecule is N[C@@](C(=O)O)(c1ccccc1F)C(F)(F)F. The van der Waals surface area contributed by atoms with Crippen LogP contribution in [0.25, 0.3) is 0 Å². The quantitative estimate of drug-likeness (QED) is 0.768. The van der Waals surface area contributed by atoms with Gasteiger partial charge in [-0.25, -0.2) is 9.18 Å². The molecule has 0 spiro atoms. The predicted octanol–water partition coefficient (Wildman–Crippen LogP) is 1.63. The summed E-state index contributed by atoms with van der Waals surface area (Å²) in [6.07, 6.45) is -5.29. The van der Waals surface area contributed by atoms with Crippen LogP contribution in [-0.4, -0.2) is 17.3 Å². The molecule has 0 unspecified atom stereocenters. The Morgan fingerprint density at radius 3 is 2.12 bits per heavy atom. The van der Waals surface area contributed by atoms with Crippen molar-refractivity contribution in [3.63, 3.8) is 0 Å². The molecule has 1 rings (SSSR count). The van der Waals surface area contributed by atoms with Gasteiger partial charge in [0.15, 0.2) is 0 Å². The van der Waals surface area contributed by atoms with E-state index in [9.17, 15) is 22.4 Å². The smallest absolute Gasteiger partial charge is 0.421 e. The van der Waals surface area contributed by atoms with E-state index < -0.39 is 29.1 Å². The number of benzene rings is 1. The first-order valence-electron chi connectivity index (χ1n) is 4.05. The number of carboxylic acids is 1. The molecule has 0 fully saturated rings. The van der Waals surface area contributed by atoms with E-state index in [2.05, 4.69) is 0 Å². The molecule has 0 amide bonds. The Balaban J connectivity index is 3.46. The van der Waals surface area contributed by atoms with Crippen molar-refractivity contribution in [1.82, 2.24) is 0 Å². The van der Waals surface area contributed by atoms with E-state index in [1.54, 1.807) is 0 Å². The van der Waals surface area contributed by atoms with Gasteiger partial charge in [0.1, 0.15) is 5.82 Å². The van der Waals surface area contributed by atoms with Gasteiger partial charge in [-0.15, -0.1) is 0 Å². The van der Waals surface area contributed by atoms with Crippen LogP contribution in [0.3, 0.4) is 0 Å². The number of alkyl halides is 3. The monoisotopic (exact) mass is 237 g/mol. The van der Waals surface area contributed by atoms with Crippen LogP contribution in [-0.2, 0) is 10.3 Å². The lowest BCUT2D eigenvalue weighted by molar-refractivity contribution is -0.205. The van der Waals surface area contributed by atoms with Gasteiger partial charge in [0.05, 0.1) is 0 Å². The Morgan fingerprint density at radius 1 is 1.25 bits per heavy atom. The number of nitrogens with two attached hydrogens (primary N) is 1. The van der Waals surface area contributed by atoms with E-state index >= 15 is 0 Å². The zero-order chi connectivity index (χ0) is 12.6. The first kappa shape index (κ1) is 12.4. The summed E-state index contributed by atoms with van der Waals surface area (Å²) >= 11 is 0. The minimum Gasteiger partial charge on any atom is -0.479 e. The molecule has 0 aromatic heterocycles. The van der Waals surface area contributed by atoms with E-state index in [-0.39, 0.29) is 0 Å². The molecule has 3 N–H and O–H groups in total. The van der Waals surface area contributed by atoms with Crippen molar-refractivity contribution >= 4 is 5.97 Å². The number of hydrogen-bond acceptors (Lipinski definition) is 2. The summed E-state index contributed by atoms with van der Waals surface area (Å²) in [7, 11) is 0. The topological polar surface area (TPSA) is 63.3 Å². The highest BCUT2D eigenvalue weighted by Gasteiger charge is 2.60. The second-order valence-corrected chi connectivity index (χ2v) is 3.09. The van der Waals surface area contributed by atoms with Crippen molar-refractivity contribution in [2.75, 3.05) is 0 Å². The number of hydrogen-bond donors (Lipinski definition) is 2. The van der Waals surface area contributed by atoms with Gasteiger partial charge in [-0.3, -0.25) is 0 Å². The Morgan fingerprint density at radius 2 is 1.75 bits per heavy atom. The van der Waals surface area contributed by atoms with E-state index in [1.165, 1.54) is 0 Å². The molecule has 0 bridgehead atoms. The maximum Gasteiger partial charge on any atom is 0.421 e. The number of rotatable bonds is 2. The first-order valence-corrected chi connectivity index (χ1v) is 4.05. The average Bonchev–Trinajstić information content (AvgIpc) is 2.15. The molecule has 0 aliphatic heterocycles. The summed E-state index contributed by atoms with van der Waals surface area (Å²) in [6, 6.07) is 3.62. The highest BCUT2D eigenvalue weighted by atomic mass is 19.4. The van der Waals surface area contributed by atoms with Gasteiger partial charge >= 0.3 is 12.1 Å². The number of carboxylic acid groups (broad SMARTS) is 1. The third-order valence-electron chi connectivity index (χ3n) is 2.08. The van der Waals surface area contributed by atoms with Gasteiger partial charge in [-0.1, -0.05) is 18.2 Å². The van der Waals surface area contributed by atoms with Crippen LogP contribution in [0.15, 0.2) is 24.3 Å². The van der Waals surface area contributed by atoms with Crippen LogP contribution in [0.1, 0.15) is 5.56 Å². The van der Waals surface area contributed by atoms with E-state index in [4.69, 9.17) is 10.8 Å². The third-order valence-corrected chi connectivity index (χ3v) is 2.08. The van der Waals surface area contributed by atoms with Gasteiger partial charge in [0.2, 0.25) is 5.54 Å². The lowest BCUT2D eigenvalue weighted by Gasteiger charge is -2.27. The Kier molecular flexibility index (Phi) is 2.91. The van der Waals surface area contributed by atoms with Gasteiger partial charge < -0.3 is 10.8 Å². The third kappa shape index (κ3) is 1.73.